The Kier molecular flexibility index (Phi) is 5.43. The zero-order valence-electron chi connectivity index (χ0n) is 12.1. The van der Waals surface area contributed by atoms with Gasteiger partial charge < -0.3 is 15.5 Å². The van der Waals surface area contributed by atoms with Crippen LogP contribution in [0.3, 0.4) is 0 Å². The molecule has 4 nitrogen and oxygen atoms in total. The Labute approximate surface area is 129 Å². The second-order valence-corrected chi connectivity index (χ2v) is 6.42. The van der Waals surface area contributed by atoms with Crippen LogP contribution in [0.15, 0.2) is 22.7 Å². The van der Waals surface area contributed by atoms with Gasteiger partial charge in [-0.1, -0.05) is 15.9 Å². The first kappa shape index (κ1) is 15.3. The highest BCUT2D eigenvalue weighted by molar-refractivity contribution is 9.10. The van der Waals surface area contributed by atoms with E-state index in [2.05, 4.69) is 26.6 Å². The molecule has 1 fully saturated rings. The molecule has 110 valence electrons. The molecule has 1 aromatic carbocycles. The molecule has 1 aromatic rings. The molecule has 0 saturated carbocycles. The standard InChI is InChI=1S/C15H22BrN3O/c1-19(2)14-4-3-12(16)10-13(14)18-15(20)9-11-5-7-17-8-6-11/h3-4,10-11,17H,5-9H2,1-2H3,(H,18,20). The predicted octanol–water partition coefficient (Wildman–Crippen LogP) is 2.84. The molecule has 1 amide bonds. The second-order valence-electron chi connectivity index (χ2n) is 5.50. The van der Waals surface area contributed by atoms with Crippen molar-refractivity contribution in [3.63, 3.8) is 0 Å². The molecule has 2 rings (SSSR count). The van der Waals surface area contributed by atoms with E-state index in [0.29, 0.717) is 12.3 Å². The van der Waals surface area contributed by atoms with E-state index in [9.17, 15) is 4.79 Å². The van der Waals surface area contributed by atoms with E-state index in [1.807, 2.05) is 37.2 Å². The maximum Gasteiger partial charge on any atom is 0.224 e. The molecule has 5 heteroatoms. The van der Waals surface area contributed by atoms with Gasteiger partial charge in [0.15, 0.2) is 0 Å². The van der Waals surface area contributed by atoms with Crippen LogP contribution in [0.4, 0.5) is 11.4 Å². The van der Waals surface area contributed by atoms with Gasteiger partial charge >= 0.3 is 0 Å². The SMILES string of the molecule is CN(C)c1ccc(Br)cc1NC(=O)CC1CCNCC1. The number of nitrogens with zero attached hydrogens (tertiary/aromatic N) is 1. The zero-order valence-corrected chi connectivity index (χ0v) is 13.7. The van der Waals surface area contributed by atoms with Gasteiger partial charge in [-0.3, -0.25) is 4.79 Å². The van der Waals surface area contributed by atoms with Gasteiger partial charge in [0.2, 0.25) is 5.91 Å². The van der Waals surface area contributed by atoms with Crippen molar-refractivity contribution in [3.8, 4) is 0 Å². The average molecular weight is 340 g/mol. The maximum absolute atomic E-state index is 12.2. The Morgan fingerprint density at radius 1 is 1.40 bits per heavy atom. The number of anilines is 2. The number of amides is 1. The van der Waals surface area contributed by atoms with Crippen molar-refractivity contribution in [2.45, 2.75) is 19.3 Å². The van der Waals surface area contributed by atoms with Crippen molar-refractivity contribution in [2.24, 2.45) is 5.92 Å². The molecule has 1 aliphatic heterocycles. The summed E-state index contributed by atoms with van der Waals surface area (Å²) in [5.74, 6) is 0.615. The Morgan fingerprint density at radius 2 is 2.10 bits per heavy atom. The summed E-state index contributed by atoms with van der Waals surface area (Å²) >= 11 is 3.46. The summed E-state index contributed by atoms with van der Waals surface area (Å²) in [6.45, 7) is 2.05. The third-order valence-electron chi connectivity index (χ3n) is 3.65. The number of carbonyl (C=O) groups excluding carboxylic acids is 1. The van der Waals surface area contributed by atoms with Gasteiger partial charge in [0.05, 0.1) is 11.4 Å². The lowest BCUT2D eigenvalue weighted by Crippen LogP contribution is -2.30. The topological polar surface area (TPSA) is 44.4 Å². The normalized spacial score (nSPS) is 15.9. The Morgan fingerprint density at radius 3 is 2.75 bits per heavy atom. The van der Waals surface area contributed by atoms with E-state index in [0.717, 1.165) is 41.8 Å². The fourth-order valence-electron chi connectivity index (χ4n) is 2.55. The quantitative estimate of drug-likeness (QED) is 0.886. The molecule has 2 N–H and O–H groups in total. The number of hydrogen-bond acceptors (Lipinski definition) is 3. The average Bonchev–Trinajstić information content (AvgIpc) is 2.39. The van der Waals surface area contributed by atoms with Gasteiger partial charge in [0, 0.05) is 25.0 Å². The van der Waals surface area contributed by atoms with Gasteiger partial charge in [0.25, 0.3) is 0 Å². The minimum atomic E-state index is 0.109. The van der Waals surface area contributed by atoms with Crippen LogP contribution in [0.1, 0.15) is 19.3 Å². The summed E-state index contributed by atoms with van der Waals surface area (Å²) in [6.07, 6.45) is 2.79. The molecule has 0 spiro atoms. The van der Waals surface area contributed by atoms with Crippen LogP contribution in [0.2, 0.25) is 0 Å². The van der Waals surface area contributed by atoms with Crippen molar-refractivity contribution < 1.29 is 4.79 Å². The minimum Gasteiger partial charge on any atom is -0.376 e. The van der Waals surface area contributed by atoms with E-state index >= 15 is 0 Å². The third-order valence-corrected chi connectivity index (χ3v) is 4.14. The Bertz CT molecular complexity index is 470. The largest absolute Gasteiger partial charge is 0.376 e. The van der Waals surface area contributed by atoms with Crippen LogP contribution in [-0.4, -0.2) is 33.1 Å². The summed E-state index contributed by atoms with van der Waals surface area (Å²) in [5, 5.41) is 6.37. The summed E-state index contributed by atoms with van der Waals surface area (Å²) in [4.78, 5) is 14.2. The van der Waals surface area contributed by atoms with Crippen LogP contribution < -0.4 is 15.5 Å². The highest BCUT2D eigenvalue weighted by Crippen LogP contribution is 2.28. The molecule has 20 heavy (non-hydrogen) atoms. The fraction of sp³-hybridized carbons (Fsp3) is 0.533. The van der Waals surface area contributed by atoms with Crippen LogP contribution >= 0.6 is 15.9 Å². The summed E-state index contributed by atoms with van der Waals surface area (Å²) < 4.78 is 0.972. The van der Waals surface area contributed by atoms with E-state index in [1.54, 1.807) is 0 Å². The minimum absolute atomic E-state index is 0.109. The fourth-order valence-corrected chi connectivity index (χ4v) is 2.91. The maximum atomic E-state index is 12.2. The number of rotatable bonds is 4. The summed E-state index contributed by atoms with van der Waals surface area (Å²) in [6, 6.07) is 5.94. The Balaban J connectivity index is 2.01. The third kappa shape index (κ3) is 4.21. The van der Waals surface area contributed by atoms with E-state index in [4.69, 9.17) is 0 Å². The molecule has 0 unspecified atom stereocenters. The number of benzene rings is 1. The number of piperidine rings is 1. The monoisotopic (exact) mass is 339 g/mol. The van der Waals surface area contributed by atoms with Crippen molar-refractivity contribution in [1.29, 1.82) is 0 Å². The van der Waals surface area contributed by atoms with Crippen molar-refractivity contribution in [1.82, 2.24) is 5.32 Å². The zero-order chi connectivity index (χ0) is 14.5. The number of nitrogens with one attached hydrogen (secondary N) is 2. The van der Waals surface area contributed by atoms with Crippen LogP contribution in [0, 0.1) is 5.92 Å². The highest BCUT2D eigenvalue weighted by atomic mass is 79.9. The lowest BCUT2D eigenvalue weighted by Gasteiger charge is -2.23. The molecular weight excluding hydrogens is 318 g/mol. The van der Waals surface area contributed by atoms with Crippen molar-refractivity contribution >= 4 is 33.2 Å². The predicted molar refractivity (Wildman–Crippen MR) is 87.3 cm³/mol. The molecule has 1 saturated heterocycles. The molecule has 0 aliphatic carbocycles. The number of halogens is 1. The van der Waals surface area contributed by atoms with E-state index < -0.39 is 0 Å². The molecular formula is C15H22BrN3O. The molecule has 1 aliphatic rings. The van der Waals surface area contributed by atoms with Crippen molar-refractivity contribution in [2.75, 3.05) is 37.4 Å². The van der Waals surface area contributed by atoms with Crippen LogP contribution in [0.25, 0.3) is 0 Å². The number of carbonyl (C=O) groups is 1. The number of hydrogen-bond donors (Lipinski definition) is 2. The molecule has 1 heterocycles. The first-order chi connectivity index (χ1) is 9.56. The smallest absolute Gasteiger partial charge is 0.224 e. The van der Waals surface area contributed by atoms with Gasteiger partial charge in [-0.2, -0.15) is 0 Å². The summed E-state index contributed by atoms with van der Waals surface area (Å²) in [5.41, 5.74) is 1.88. The molecule has 0 atom stereocenters. The highest BCUT2D eigenvalue weighted by Gasteiger charge is 2.17. The lowest BCUT2D eigenvalue weighted by atomic mass is 9.94. The summed E-state index contributed by atoms with van der Waals surface area (Å²) in [7, 11) is 3.96. The van der Waals surface area contributed by atoms with Gasteiger partial charge in [0.1, 0.15) is 0 Å². The molecule has 0 radical (unpaired) electrons. The van der Waals surface area contributed by atoms with Crippen molar-refractivity contribution in [3.05, 3.63) is 22.7 Å². The van der Waals surface area contributed by atoms with Crippen LogP contribution in [-0.2, 0) is 4.79 Å². The molecule has 0 bridgehead atoms. The van der Waals surface area contributed by atoms with Gasteiger partial charge in [-0.05, 0) is 50.0 Å². The first-order valence-electron chi connectivity index (χ1n) is 7.03. The lowest BCUT2D eigenvalue weighted by molar-refractivity contribution is -0.117. The second kappa shape index (κ2) is 7.09. The Hall–Kier alpha value is -1.07. The van der Waals surface area contributed by atoms with Gasteiger partial charge in [-0.25, -0.2) is 0 Å². The van der Waals surface area contributed by atoms with Crippen LogP contribution in [0.5, 0.6) is 0 Å². The van der Waals surface area contributed by atoms with Gasteiger partial charge in [-0.15, -0.1) is 0 Å². The molecule has 0 aromatic heterocycles. The van der Waals surface area contributed by atoms with E-state index in [1.165, 1.54) is 0 Å². The van der Waals surface area contributed by atoms with E-state index in [-0.39, 0.29) is 5.91 Å². The first-order valence-corrected chi connectivity index (χ1v) is 7.83.